The molecule has 1 aliphatic rings. The zero-order valence-electron chi connectivity index (χ0n) is 12.3. The van der Waals surface area contributed by atoms with Gasteiger partial charge in [-0.3, -0.25) is 9.78 Å². The van der Waals surface area contributed by atoms with Gasteiger partial charge in [-0.05, 0) is 49.4 Å². The van der Waals surface area contributed by atoms with Gasteiger partial charge in [0.2, 0.25) is 0 Å². The SMILES string of the molecule is Cc1ccc(C(=O)NC[C@H]2CCCc3ccccc32)cn1. The number of hydrogen-bond donors (Lipinski definition) is 1. The number of carbonyl (C=O) groups is 1. The minimum atomic E-state index is -0.0365. The standard InChI is InChI=1S/C18H20N2O/c1-13-9-10-16(12-19-13)18(21)20-11-15-7-4-6-14-5-2-3-8-17(14)15/h2-3,5,8-10,12,15H,4,6-7,11H2,1H3,(H,20,21)/t15-/m1/s1. The van der Waals surface area contributed by atoms with Crippen LogP contribution in [-0.2, 0) is 6.42 Å². The van der Waals surface area contributed by atoms with Gasteiger partial charge < -0.3 is 5.32 Å². The van der Waals surface area contributed by atoms with Gasteiger partial charge in [0.05, 0.1) is 5.56 Å². The van der Waals surface area contributed by atoms with E-state index >= 15 is 0 Å². The highest BCUT2D eigenvalue weighted by Crippen LogP contribution is 2.30. The Morgan fingerprint density at radius 1 is 1.29 bits per heavy atom. The van der Waals surface area contributed by atoms with Crippen LogP contribution in [0.4, 0.5) is 0 Å². The van der Waals surface area contributed by atoms with Gasteiger partial charge in [0, 0.05) is 24.4 Å². The molecule has 0 saturated carbocycles. The average molecular weight is 280 g/mol. The molecular weight excluding hydrogens is 260 g/mol. The first-order chi connectivity index (χ1) is 10.2. The van der Waals surface area contributed by atoms with Crippen molar-refractivity contribution in [3.8, 4) is 0 Å². The summed E-state index contributed by atoms with van der Waals surface area (Å²) in [5, 5.41) is 3.05. The number of benzene rings is 1. The fourth-order valence-corrected chi connectivity index (χ4v) is 2.99. The number of nitrogens with one attached hydrogen (secondary N) is 1. The summed E-state index contributed by atoms with van der Waals surface area (Å²) < 4.78 is 0. The van der Waals surface area contributed by atoms with Crippen molar-refractivity contribution in [1.29, 1.82) is 0 Å². The summed E-state index contributed by atoms with van der Waals surface area (Å²) in [6.45, 7) is 2.62. The van der Waals surface area contributed by atoms with Gasteiger partial charge in [-0.2, -0.15) is 0 Å². The van der Waals surface area contributed by atoms with E-state index in [1.54, 1.807) is 6.20 Å². The van der Waals surface area contributed by atoms with Crippen LogP contribution in [0.15, 0.2) is 42.6 Å². The number of amides is 1. The Hall–Kier alpha value is -2.16. The Kier molecular flexibility index (Phi) is 4.00. The van der Waals surface area contributed by atoms with Crippen LogP contribution >= 0.6 is 0 Å². The van der Waals surface area contributed by atoms with Crippen LogP contribution < -0.4 is 5.32 Å². The molecule has 1 atom stereocenters. The third-order valence-corrected chi connectivity index (χ3v) is 4.18. The van der Waals surface area contributed by atoms with E-state index < -0.39 is 0 Å². The molecule has 0 unspecified atom stereocenters. The smallest absolute Gasteiger partial charge is 0.252 e. The van der Waals surface area contributed by atoms with Gasteiger partial charge >= 0.3 is 0 Å². The fraction of sp³-hybridized carbons (Fsp3) is 0.333. The molecular formula is C18H20N2O. The molecule has 108 valence electrons. The van der Waals surface area contributed by atoms with Crippen molar-refractivity contribution in [1.82, 2.24) is 10.3 Å². The van der Waals surface area contributed by atoms with E-state index in [4.69, 9.17) is 0 Å². The topological polar surface area (TPSA) is 42.0 Å². The number of rotatable bonds is 3. The molecule has 0 bridgehead atoms. The lowest BCUT2D eigenvalue weighted by Gasteiger charge is -2.25. The zero-order valence-corrected chi connectivity index (χ0v) is 12.3. The largest absolute Gasteiger partial charge is 0.351 e. The van der Waals surface area contributed by atoms with Crippen LogP contribution in [0.1, 0.15) is 45.9 Å². The second-order valence-corrected chi connectivity index (χ2v) is 5.69. The molecule has 3 rings (SSSR count). The third-order valence-electron chi connectivity index (χ3n) is 4.18. The first kappa shape index (κ1) is 13.8. The maximum Gasteiger partial charge on any atom is 0.252 e. The van der Waals surface area contributed by atoms with Gasteiger partial charge in [-0.15, -0.1) is 0 Å². The Labute approximate surface area is 125 Å². The molecule has 1 aromatic heterocycles. The number of aryl methyl sites for hydroxylation is 2. The molecule has 1 amide bonds. The molecule has 1 aliphatic carbocycles. The second kappa shape index (κ2) is 6.08. The number of hydrogen-bond acceptors (Lipinski definition) is 2. The Morgan fingerprint density at radius 3 is 2.95 bits per heavy atom. The highest BCUT2D eigenvalue weighted by molar-refractivity contribution is 5.93. The molecule has 21 heavy (non-hydrogen) atoms. The number of carbonyl (C=O) groups excluding carboxylic acids is 1. The van der Waals surface area contributed by atoms with Crippen molar-refractivity contribution in [2.45, 2.75) is 32.1 Å². The van der Waals surface area contributed by atoms with E-state index in [2.05, 4.69) is 34.6 Å². The highest BCUT2D eigenvalue weighted by Gasteiger charge is 2.20. The summed E-state index contributed by atoms with van der Waals surface area (Å²) in [5.41, 5.74) is 4.38. The summed E-state index contributed by atoms with van der Waals surface area (Å²) in [7, 11) is 0. The lowest BCUT2D eigenvalue weighted by Crippen LogP contribution is -2.30. The van der Waals surface area contributed by atoms with Gasteiger partial charge in [0.1, 0.15) is 0 Å². The van der Waals surface area contributed by atoms with E-state index in [0.717, 1.165) is 18.5 Å². The normalized spacial score (nSPS) is 17.1. The minimum absolute atomic E-state index is 0.0365. The van der Waals surface area contributed by atoms with Crippen LogP contribution in [0.5, 0.6) is 0 Å². The Balaban J connectivity index is 1.66. The molecule has 2 aromatic rings. The molecule has 1 aromatic carbocycles. The molecule has 0 saturated heterocycles. The third kappa shape index (κ3) is 3.13. The number of nitrogens with zero attached hydrogens (tertiary/aromatic N) is 1. The fourth-order valence-electron chi connectivity index (χ4n) is 2.99. The van der Waals surface area contributed by atoms with Gasteiger partial charge in [-0.1, -0.05) is 24.3 Å². The molecule has 1 N–H and O–H groups in total. The van der Waals surface area contributed by atoms with Crippen molar-refractivity contribution in [3.63, 3.8) is 0 Å². The monoisotopic (exact) mass is 280 g/mol. The molecule has 0 radical (unpaired) electrons. The van der Waals surface area contributed by atoms with Crippen molar-refractivity contribution < 1.29 is 4.79 Å². The van der Waals surface area contributed by atoms with Crippen LogP contribution in [0.25, 0.3) is 0 Å². The molecule has 0 aliphatic heterocycles. The molecule has 3 nitrogen and oxygen atoms in total. The van der Waals surface area contributed by atoms with Crippen molar-refractivity contribution in [2.24, 2.45) is 0 Å². The lowest BCUT2D eigenvalue weighted by atomic mass is 9.83. The quantitative estimate of drug-likeness (QED) is 0.937. The predicted octanol–water partition coefficient (Wildman–Crippen LogP) is 3.24. The van der Waals surface area contributed by atoms with Crippen molar-refractivity contribution in [3.05, 3.63) is 65.0 Å². The van der Waals surface area contributed by atoms with E-state index in [-0.39, 0.29) is 5.91 Å². The first-order valence-corrected chi connectivity index (χ1v) is 7.52. The highest BCUT2D eigenvalue weighted by atomic mass is 16.1. The van der Waals surface area contributed by atoms with E-state index in [1.807, 2.05) is 19.1 Å². The Bertz CT molecular complexity index is 634. The lowest BCUT2D eigenvalue weighted by molar-refractivity contribution is 0.0950. The maximum atomic E-state index is 12.2. The maximum absolute atomic E-state index is 12.2. The molecule has 3 heteroatoms. The van der Waals surface area contributed by atoms with Crippen LogP contribution in [0.3, 0.4) is 0 Å². The minimum Gasteiger partial charge on any atom is -0.351 e. The van der Waals surface area contributed by atoms with Crippen LogP contribution in [0, 0.1) is 6.92 Å². The average Bonchev–Trinajstić information content (AvgIpc) is 2.53. The second-order valence-electron chi connectivity index (χ2n) is 5.69. The first-order valence-electron chi connectivity index (χ1n) is 7.52. The number of pyridine rings is 1. The molecule has 1 heterocycles. The number of fused-ring (bicyclic) bond motifs is 1. The van der Waals surface area contributed by atoms with Crippen LogP contribution in [0.2, 0.25) is 0 Å². The van der Waals surface area contributed by atoms with Crippen molar-refractivity contribution >= 4 is 5.91 Å². The van der Waals surface area contributed by atoms with Crippen molar-refractivity contribution in [2.75, 3.05) is 6.54 Å². The summed E-state index contributed by atoms with van der Waals surface area (Å²) in [4.78, 5) is 16.3. The van der Waals surface area contributed by atoms with Gasteiger partial charge in [0.15, 0.2) is 0 Å². The zero-order chi connectivity index (χ0) is 14.7. The van der Waals surface area contributed by atoms with E-state index in [0.29, 0.717) is 18.0 Å². The Morgan fingerprint density at radius 2 is 2.14 bits per heavy atom. The summed E-state index contributed by atoms with van der Waals surface area (Å²) in [5.74, 6) is 0.392. The molecule has 0 spiro atoms. The van der Waals surface area contributed by atoms with Gasteiger partial charge in [0.25, 0.3) is 5.91 Å². The summed E-state index contributed by atoms with van der Waals surface area (Å²) >= 11 is 0. The van der Waals surface area contributed by atoms with Gasteiger partial charge in [-0.25, -0.2) is 0 Å². The van der Waals surface area contributed by atoms with Crippen LogP contribution in [-0.4, -0.2) is 17.4 Å². The summed E-state index contributed by atoms with van der Waals surface area (Å²) in [6.07, 6.45) is 5.13. The van der Waals surface area contributed by atoms with E-state index in [9.17, 15) is 4.79 Å². The number of aromatic nitrogens is 1. The summed E-state index contributed by atoms with van der Waals surface area (Å²) in [6, 6.07) is 12.3. The van der Waals surface area contributed by atoms with E-state index in [1.165, 1.54) is 17.5 Å². The predicted molar refractivity (Wildman–Crippen MR) is 83.4 cm³/mol. The molecule has 0 fully saturated rings.